The molecule has 0 saturated carbocycles. The maximum absolute atomic E-state index is 5.01. The summed E-state index contributed by atoms with van der Waals surface area (Å²) >= 11 is 0. The third kappa shape index (κ3) is 5.01. The van der Waals surface area contributed by atoms with E-state index >= 15 is 0 Å². The maximum atomic E-state index is 5.01. The Balaban J connectivity index is 1.13. The first-order valence-corrected chi connectivity index (χ1v) is 16.1. The lowest BCUT2D eigenvalue weighted by Crippen LogP contribution is -2.11. The van der Waals surface area contributed by atoms with Gasteiger partial charge < -0.3 is 9.47 Å². The zero-order chi connectivity index (χ0) is 32.6. The van der Waals surface area contributed by atoms with E-state index in [-0.39, 0.29) is 0 Å². The second kappa shape index (κ2) is 12.1. The Bertz CT molecular complexity index is 2410. The van der Waals surface area contributed by atoms with Crippen molar-refractivity contribution >= 4 is 38.9 Å². The van der Waals surface area contributed by atoms with Crippen LogP contribution in [0.25, 0.3) is 56.1 Å². The van der Waals surface area contributed by atoms with Gasteiger partial charge in [-0.1, -0.05) is 84.9 Å². The summed E-state index contributed by atoms with van der Waals surface area (Å²) < 4.78 is 4.32. The van der Waals surface area contributed by atoms with Crippen LogP contribution in [0.2, 0.25) is 0 Å². The average molecular weight is 632 g/mol. The summed E-state index contributed by atoms with van der Waals surface area (Å²) in [5.74, 6) is 2.09. The van der Waals surface area contributed by atoms with Crippen molar-refractivity contribution in [2.45, 2.75) is 0 Å². The number of benzene rings is 5. The highest BCUT2D eigenvalue weighted by atomic mass is 15.3. The summed E-state index contributed by atoms with van der Waals surface area (Å²) in [5.41, 5.74) is 8.27. The van der Waals surface area contributed by atoms with E-state index in [0.717, 1.165) is 33.9 Å². The number of anilines is 3. The van der Waals surface area contributed by atoms with Crippen LogP contribution in [0.1, 0.15) is 0 Å². The molecule has 7 heteroatoms. The number of hydrogen-bond donors (Lipinski definition) is 0. The molecule has 0 aliphatic heterocycles. The van der Waals surface area contributed by atoms with Crippen LogP contribution in [0.15, 0.2) is 176 Å². The third-order valence-electron chi connectivity index (χ3n) is 8.79. The Morgan fingerprint density at radius 2 is 1.00 bits per heavy atom. The molecule has 7 nitrogen and oxygen atoms in total. The number of aromatic nitrogens is 6. The van der Waals surface area contributed by atoms with E-state index in [1.54, 1.807) is 12.4 Å². The zero-order valence-corrected chi connectivity index (χ0v) is 26.4. The molecule has 0 N–H and O–H groups in total. The molecule has 0 saturated heterocycles. The topological polar surface area (TPSA) is 64.7 Å². The minimum atomic E-state index is 0.674. The fourth-order valence-electron chi connectivity index (χ4n) is 6.58. The molecule has 5 aromatic carbocycles. The lowest BCUT2D eigenvalue weighted by molar-refractivity contribution is 1.00. The minimum Gasteiger partial charge on any atom is -0.309 e. The molecule has 0 aliphatic rings. The highest BCUT2D eigenvalue weighted by Crippen LogP contribution is 2.37. The van der Waals surface area contributed by atoms with Crippen molar-refractivity contribution in [3.63, 3.8) is 0 Å². The molecule has 232 valence electrons. The summed E-state index contributed by atoms with van der Waals surface area (Å²) in [7, 11) is 0. The second-order valence-corrected chi connectivity index (χ2v) is 11.7. The summed E-state index contributed by atoms with van der Waals surface area (Å²) in [6.07, 6.45) is 5.46. The van der Waals surface area contributed by atoms with Gasteiger partial charge >= 0.3 is 0 Å². The molecule has 49 heavy (non-hydrogen) atoms. The monoisotopic (exact) mass is 631 g/mol. The molecular weight excluding hydrogens is 603 g/mol. The molecule has 9 rings (SSSR count). The quantitative estimate of drug-likeness (QED) is 0.175. The maximum Gasteiger partial charge on any atom is 0.171 e. The van der Waals surface area contributed by atoms with Gasteiger partial charge in [-0.05, 0) is 72.8 Å². The Morgan fingerprint density at radius 1 is 0.429 bits per heavy atom. The van der Waals surface area contributed by atoms with Crippen molar-refractivity contribution in [2.24, 2.45) is 0 Å². The van der Waals surface area contributed by atoms with Gasteiger partial charge in [0.1, 0.15) is 5.82 Å². The van der Waals surface area contributed by atoms with Crippen molar-refractivity contribution in [1.29, 1.82) is 0 Å². The van der Waals surface area contributed by atoms with Crippen LogP contribution in [0.5, 0.6) is 0 Å². The van der Waals surface area contributed by atoms with Crippen LogP contribution < -0.4 is 4.90 Å². The van der Waals surface area contributed by atoms with E-state index in [1.807, 2.05) is 65.4 Å². The number of nitrogens with zero attached hydrogens (tertiary/aromatic N) is 7. The fraction of sp³-hybridized carbons (Fsp3) is 0. The van der Waals surface area contributed by atoms with Crippen molar-refractivity contribution in [3.05, 3.63) is 176 Å². The van der Waals surface area contributed by atoms with Gasteiger partial charge in [0.05, 0.1) is 22.9 Å². The van der Waals surface area contributed by atoms with E-state index in [9.17, 15) is 0 Å². The molecule has 0 fully saturated rings. The van der Waals surface area contributed by atoms with Gasteiger partial charge in [0, 0.05) is 51.4 Å². The van der Waals surface area contributed by atoms with Crippen LogP contribution >= 0.6 is 0 Å². The molecule has 0 atom stereocenters. The summed E-state index contributed by atoms with van der Waals surface area (Å²) in [6.45, 7) is 0. The highest BCUT2D eigenvalue weighted by Gasteiger charge is 2.20. The molecule has 0 unspecified atom stereocenters. The summed E-state index contributed by atoms with van der Waals surface area (Å²) in [6, 6.07) is 54.3. The van der Waals surface area contributed by atoms with Gasteiger partial charge in [0.2, 0.25) is 0 Å². The molecule has 9 aromatic rings. The van der Waals surface area contributed by atoms with E-state index in [2.05, 4.69) is 128 Å². The smallest absolute Gasteiger partial charge is 0.171 e. The Labute approximate surface area is 283 Å². The molecule has 4 aromatic heterocycles. The van der Waals surface area contributed by atoms with Gasteiger partial charge in [-0.2, -0.15) is 0 Å². The predicted octanol–water partition coefficient (Wildman–Crippen LogP) is 9.96. The standard InChI is InChI=1S/C42H29N7/c1-3-12-30(13-4-1)41-45-46-42(31-14-11-27-43-28-31)49(41)40-26-25-35(29-44-40)47(32-15-5-2-6-16-32)33-21-23-34(24-22-33)48-38-19-9-7-17-36(38)37-18-8-10-20-39(37)48/h1-29H. The molecular formula is C42H29N7. The van der Waals surface area contributed by atoms with Gasteiger partial charge in [-0.15, -0.1) is 10.2 Å². The second-order valence-electron chi connectivity index (χ2n) is 11.7. The first-order valence-electron chi connectivity index (χ1n) is 16.1. The zero-order valence-electron chi connectivity index (χ0n) is 26.4. The Kier molecular flexibility index (Phi) is 6.98. The lowest BCUT2D eigenvalue weighted by Gasteiger charge is -2.25. The Hall–Kier alpha value is -6.86. The van der Waals surface area contributed by atoms with Crippen LogP contribution in [0.4, 0.5) is 17.1 Å². The summed E-state index contributed by atoms with van der Waals surface area (Å²) in [5, 5.41) is 11.7. The molecule has 0 bridgehead atoms. The molecule has 0 spiro atoms. The number of hydrogen-bond acceptors (Lipinski definition) is 5. The number of pyridine rings is 2. The van der Waals surface area contributed by atoms with E-state index in [4.69, 9.17) is 4.98 Å². The Morgan fingerprint density at radius 3 is 1.63 bits per heavy atom. The van der Waals surface area contributed by atoms with Gasteiger partial charge in [0.25, 0.3) is 0 Å². The van der Waals surface area contributed by atoms with Gasteiger partial charge in [-0.25, -0.2) is 4.98 Å². The molecule has 0 amide bonds. The third-order valence-corrected chi connectivity index (χ3v) is 8.79. The van der Waals surface area contributed by atoms with Gasteiger partial charge in [0.15, 0.2) is 11.6 Å². The van der Waals surface area contributed by atoms with Crippen molar-refractivity contribution in [2.75, 3.05) is 4.90 Å². The molecule has 4 heterocycles. The normalized spacial score (nSPS) is 11.3. The van der Waals surface area contributed by atoms with Crippen molar-refractivity contribution in [3.8, 4) is 34.3 Å². The van der Waals surface area contributed by atoms with Crippen molar-refractivity contribution in [1.82, 2.24) is 29.3 Å². The summed E-state index contributed by atoms with van der Waals surface area (Å²) in [4.78, 5) is 11.6. The number of para-hydroxylation sites is 3. The van der Waals surface area contributed by atoms with Crippen LogP contribution in [-0.4, -0.2) is 29.3 Å². The molecule has 0 aliphatic carbocycles. The first-order chi connectivity index (χ1) is 24.3. The largest absolute Gasteiger partial charge is 0.309 e. The molecule has 0 radical (unpaired) electrons. The first kappa shape index (κ1) is 28.4. The number of fused-ring (bicyclic) bond motifs is 3. The minimum absolute atomic E-state index is 0.674. The SMILES string of the molecule is c1ccc(-c2nnc(-c3cccnc3)n2-c2ccc(N(c3ccccc3)c3ccc(-n4c5ccccc5c5ccccc54)cc3)cn2)cc1. The van der Waals surface area contributed by atoms with Crippen LogP contribution in [0, 0.1) is 0 Å². The van der Waals surface area contributed by atoms with E-state index < -0.39 is 0 Å². The van der Waals surface area contributed by atoms with Crippen LogP contribution in [0.3, 0.4) is 0 Å². The highest BCUT2D eigenvalue weighted by molar-refractivity contribution is 6.09. The van der Waals surface area contributed by atoms with Crippen molar-refractivity contribution < 1.29 is 0 Å². The van der Waals surface area contributed by atoms with E-state index in [1.165, 1.54) is 21.8 Å². The van der Waals surface area contributed by atoms with Gasteiger partial charge in [-0.3, -0.25) is 9.55 Å². The van der Waals surface area contributed by atoms with E-state index in [0.29, 0.717) is 17.5 Å². The lowest BCUT2D eigenvalue weighted by atomic mass is 10.2. The average Bonchev–Trinajstić information content (AvgIpc) is 3.77. The van der Waals surface area contributed by atoms with Crippen LogP contribution in [-0.2, 0) is 0 Å². The number of rotatable bonds is 7. The predicted molar refractivity (Wildman–Crippen MR) is 197 cm³/mol. The fourth-order valence-corrected chi connectivity index (χ4v) is 6.58.